The van der Waals surface area contributed by atoms with Crippen molar-refractivity contribution in [1.29, 1.82) is 0 Å². The van der Waals surface area contributed by atoms with E-state index >= 15 is 0 Å². The standard InChI is InChI=1S/C14H12N4O3S2/c1-7-17-18-14(22-7)16-13-15-12(20)11(23-13)6-8-3-4-9(19)10(5-8)21-2/h3-6,19H,1-2H3,(H,15,16,18,20)/b11-6-. The summed E-state index contributed by atoms with van der Waals surface area (Å²) in [6.07, 6.45) is 1.70. The number of nitrogens with zero attached hydrogens (tertiary/aromatic N) is 3. The zero-order valence-corrected chi connectivity index (χ0v) is 13.9. The molecule has 0 unspecified atom stereocenters. The Labute approximate surface area is 140 Å². The Morgan fingerprint density at radius 3 is 2.91 bits per heavy atom. The molecule has 1 aromatic heterocycles. The van der Waals surface area contributed by atoms with E-state index in [0.29, 0.717) is 21.0 Å². The van der Waals surface area contributed by atoms with E-state index in [1.807, 2.05) is 6.92 Å². The molecule has 1 aromatic carbocycles. The van der Waals surface area contributed by atoms with Crippen molar-refractivity contribution in [3.05, 3.63) is 33.7 Å². The molecule has 23 heavy (non-hydrogen) atoms. The van der Waals surface area contributed by atoms with E-state index in [2.05, 4.69) is 20.5 Å². The van der Waals surface area contributed by atoms with E-state index in [1.54, 1.807) is 18.2 Å². The van der Waals surface area contributed by atoms with Crippen molar-refractivity contribution in [3.63, 3.8) is 0 Å². The van der Waals surface area contributed by atoms with Gasteiger partial charge in [-0.15, -0.1) is 10.2 Å². The van der Waals surface area contributed by atoms with E-state index in [-0.39, 0.29) is 11.7 Å². The highest BCUT2D eigenvalue weighted by molar-refractivity contribution is 8.18. The number of carbonyl (C=O) groups is 1. The fourth-order valence-electron chi connectivity index (χ4n) is 1.83. The quantitative estimate of drug-likeness (QED) is 0.827. The lowest BCUT2D eigenvalue weighted by Crippen LogP contribution is -2.19. The van der Waals surface area contributed by atoms with Crippen LogP contribution in [0.4, 0.5) is 5.13 Å². The Hall–Kier alpha value is -2.39. The van der Waals surface area contributed by atoms with Gasteiger partial charge in [0.05, 0.1) is 12.0 Å². The van der Waals surface area contributed by atoms with Crippen LogP contribution in [0.2, 0.25) is 0 Å². The molecule has 1 saturated heterocycles. The molecule has 0 atom stereocenters. The van der Waals surface area contributed by atoms with Crippen LogP contribution in [0.1, 0.15) is 10.6 Å². The maximum atomic E-state index is 12.0. The molecular weight excluding hydrogens is 336 g/mol. The van der Waals surface area contributed by atoms with Crippen LogP contribution >= 0.6 is 23.1 Å². The minimum Gasteiger partial charge on any atom is -0.504 e. The lowest BCUT2D eigenvalue weighted by molar-refractivity contribution is -0.115. The van der Waals surface area contributed by atoms with Crippen molar-refractivity contribution >= 4 is 45.4 Å². The van der Waals surface area contributed by atoms with Gasteiger partial charge in [0, 0.05) is 0 Å². The van der Waals surface area contributed by atoms with Gasteiger partial charge in [-0.3, -0.25) is 4.79 Å². The first-order valence-electron chi connectivity index (χ1n) is 6.52. The number of benzene rings is 1. The minimum absolute atomic E-state index is 0.0482. The summed E-state index contributed by atoms with van der Waals surface area (Å²) < 4.78 is 5.06. The molecular formula is C14H12N4O3S2. The number of aliphatic imine (C=N–C) groups is 1. The number of phenolic OH excluding ortho intramolecular Hbond substituents is 1. The van der Waals surface area contributed by atoms with E-state index in [9.17, 15) is 9.90 Å². The molecule has 2 aromatic rings. The van der Waals surface area contributed by atoms with Crippen molar-refractivity contribution in [1.82, 2.24) is 15.5 Å². The second kappa shape index (κ2) is 6.39. The van der Waals surface area contributed by atoms with Gasteiger partial charge in [-0.1, -0.05) is 17.4 Å². The Morgan fingerprint density at radius 1 is 1.39 bits per heavy atom. The molecule has 118 valence electrons. The number of aromatic hydroxyl groups is 1. The Bertz CT molecular complexity index is 829. The normalized spacial score (nSPS) is 17.7. The fraction of sp³-hybridized carbons (Fsp3) is 0.143. The van der Waals surface area contributed by atoms with Gasteiger partial charge >= 0.3 is 0 Å². The number of thioether (sulfide) groups is 1. The first-order valence-corrected chi connectivity index (χ1v) is 8.15. The summed E-state index contributed by atoms with van der Waals surface area (Å²) in [5, 5.41) is 21.8. The van der Waals surface area contributed by atoms with E-state index < -0.39 is 0 Å². The highest BCUT2D eigenvalue weighted by Crippen LogP contribution is 2.31. The van der Waals surface area contributed by atoms with Crippen LogP contribution in [-0.2, 0) is 4.79 Å². The molecule has 0 radical (unpaired) electrons. The number of hydrogen-bond donors (Lipinski definition) is 2. The highest BCUT2D eigenvalue weighted by atomic mass is 32.2. The summed E-state index contributed by atoms with van der Waals surface area (Å²) in [6, 6.07) is 4.86. The SMILES string of the molecule is COc1cc(/C=C2\S/C(=N/c3nnc(C)s3)NC2=O)ccc1O. The van der Waals surface area contributed by atoms with Crippen molar-refractivity contribution in [2.75, 3.05) is 7.11 Å². The molecule has 1 aliphatic heterocycles. The molecule has 1 aliphatic rings. The van der Waals surface area contributed by atoms with Gasteiger partial charge in [-0.05, 0) is 42.5 Å². The molecule has 3 rings (SSSR count). The molecule has 0 saturated carbocycles. The van der Waals surface area contributed by atoms with Gasteiger partial charge in [-0.2, -0.15) is 4.99 Å². The van der Waals surface area contributed by atoms with Gasteiger partial charge < -0.3 is 15.2 Å². The fourth-order valence-corrected chi connectivity index (χ4v) is 3.28. The smallest absolute Gasteiger partial charge is 0.264 e. The van der Waals surface area contributed by atoms with Crippen molar-refractivity contribution < 1.29 is 14.6 Å². The van der Waals surface area contributed by atoms with E-state index in [4.69, 9.17) is 4.74 Å². The topological polar surface area (TPSA) is 96.7 Å². The summed E-state index contributed by atoms with van der Waals surface area (Å²) in [6.45, 7) is 1.84. The molecule has 0 spiro atoms. The number of phenols is 1. The number of carbonyl (C=O) groups excluding carboxylic acids is 1. The van der Waals surface area contributed by atoms with Crippen LogP contribution in [0, 0.1) is 6.92 Å². The third-order valence-corrected chi connectivity index (χ3v) is 4.51. The average molecular weight is 348 g/mol. The number of rotatable bonds is 3. The van der Waals surface area contributed by atoms with Gasteiger partial charge in [-0.25, -0.2) is 0 Å². The molecule has 2 N–H and O–H groups in total. The maximum absolute atomic E-state index is 12.0. The van der Waals surface area contributed by atoms with E-state index in [0.717, 1.165) is 10.6 Å². The molecule has 0 aliphatic carbocycles. The zero-order chi connectivity index (χ0) is 16.4. The third kappa shape index (κ3) is 3.51. The minimum atomic E-state index is -0.234. The van der Waals surface area contributed by atoms with E-state index in [1.165, 1.54) is 36.3 Å². The number of ether oxygens (including phenoxy) is 1. The van der Waals surface area contributed by atoms with Gasteiger partial charge in [0.2, 0.25) is 5.13 Å². The summed E-state index contributed by atoms with van der Waals surface area (Å²) in [5.74, 6) is 0.162. The van der Waals surface area contributed by atoms with Crippen molar-refractivity contribution in [2.24, 2.45) is 4.99 Å². The average Bonchev–Trinajstić information content (AvgIpc) is 3.07. The summed E-state index contributed by atoms with van der Waals surface area (Å²) in [7, 11) is 1.47. The number of aryl methyl sites for hydroxylation is 1. The first kappa shape index (κ1) is 15.5. The van der Waals surface area contributed by atoms with Crippen LogP contribution in [-0.4, -0.2) is 33.5 Å². The highest BCUT2D eigenvalue weighted by Gasteiger charge is 2.24. The predicted octanol–water partition coefficient (Wildman–Crippen LogP) is 2.45. The predicted molar refractivity (Wildman–Crippen MR) is 90.1 cm³/mol. The Kier molecular flexibility index (Phi) is 4.30. The molecule has 1 amide bonds. The van der Waals surface area contributed by atoms with Crippen LogP contribution in [0.5, 0.6) is 11.5 Å². The Morgan fingerprint density at radius 2 is 2.22 bits per heavy atom. The zero-order valence-electron chi connectivity index (χ0n) is 12.2. The first-order chi connectivity index (χ1) is 11.0. The largest absolute Gasteiger partial charge is 0.504 e. The summed E-state index contributed by atoms with van der Waals surface area (Å²) in [5.41, 5.74) is 0.741. The number of hydrogen-bond acceptors (Lipinski definition) is 8. The Balaban J connectivity index is 1.84. The summed E-state index contributed by atoms with van der Waals surface area (Å²) in [4.78, 5) is 16.8. The van der Waals surface area contributed by atoms with Crippen LogP contribution in [0.3, 0.4) is 0 Å². The molecule has 9 heteroatoms. The number of aromatic nitrogens is 2. The monoisotopic (exact) mass is 348 g/mol. The van der Waals surface area contributed by atoms with Crippen molar-refractivity contribution in [3.8, 4) is 11.5 Å². The third-order valence-electron chi connectivity index (χ3n) is 2.86. The summed E-state index contributed by atoms with van der Waals surface area (Å²) >= 11 is 2.57. The lowest BCUT2D eigenvalue weighted by atomic mass is 10.2. The van der Waals surface area contributed by atoms with Gasteiger partial charge in [0.15, 0.2) is 16.7 Å². The molecule has 7 nitrogen and oxygen atoms in total. The number of amides is 1. The van der Waals surface area contributed by atoms with Crippen LogP contribution in [0.25, 0.3) is 6.08 Å². The number of amidine groups is 1. The maximum Gasteiger partial charge on any atom is 0.264 e. The second-order valence-electron chi connectivity index (χ2n) is 4.52. The van der Waals surface area contributed by atoms with Crippen LogP contribution < -0.4 is 10.1 Å². The van der Waals surface area contributed by atoms with Crippen molar-refractivity contribution in [2.45, 2.75) is 6.92 Å². The number of methoxy groups -OCH3 is 1. The molecule has 0 bridgehead atoms. The van der Waals surface area contributed by atoms with Gasteiger partial charge in [0.1, 0.15) is 5.01 Å². The number of nitrogens with one attached hydrogen (secondary N) is 1. The van der Waals surface area contributed by atoms with Gasteiger partial charge in [0.25, 0.3) is 5.91 Å². The second-order valence-corrected chi connectivity index (χ2v) is 6.71. The molecule has 2 heterocycles. The van der Waals surface area contributed by atoms with Crippen LogP contribution in [0.15, 0.2) is 28.1 Å². The molecule has 1 fully saturated rings. The lowest BCUT2D eigenvalue weighted by Gasteiger charge is -2.03.